The van der Waals surface area contributed by atoms with Crippen LogP contribution in [0.15, 0.2) is 42.5 Å². The van der Waals surface area contributed by atoms with Crippen LogP contribution in [-0.2, 0) is 20.5 Å². The SMILES string of the molecule is CC(C)(C)CC1C(=O)N(CC(=O)N2CCC(OC(=O)O)CC2)CC(c2ccccc2Cl)c2cc(C(F)(F)F)ccc21. The van der Waals surface area contributed by atoms with Crippen LogP contribution >= 0.6 is 11.6 Å². The lowest BCUT2D eigenvalue weighted by Gasteiger charge is -2.34. The highest BCUT2D eigenvalue weighted by Gasteiger charge is 2.41. The van der Waals surface area contributed by atoms with Gasteiger partial charge < -0.3 is 19.6 Å². The molecule has 2 aromatic rings. The third-order valence-corrected chi connectivity index (χ3v) is 8.01. The highest BCUT2D eigenvalue weighted by molar-refractivity contribution is 6.31. The maximum atomic E-state index is 14.1. The molecule has 2 aliphatic heterocycles. The lowest BCUT2D eigenvalue weighted by molar-refractivity contribution is -0.142. The second-order valence-corrected chi connectivity index (χ2v) is 12.3. The predicted octanol–water partition coefficient (Wildman–Crippen LogP) is 6.54. The smallest absolute Gasteiger partial charge is 0.450 e. The van der Waals surface area contributed by atoms with E-state index in [1.165, 1.54) is 11.0 Å². The Hall–Kier alpha value is -3.27. The molecular weight excluding hydrogens is 561 g/mol. The first-order valence-electron chi connectivity index (χ1n) is 13.6. The van der Waals surface area contributed by atoms with E-state index in [1.54, 1.807) is 29.2 Å². The number of carbonyl (C=O) groups excluding carboxylic acids is 2. The molecule has 2 aliphatic rings. The first-order valence-corrected chi connectivity index (χ1v) is 13.9. The van der Waals surface area contributed by atoms with E-state index in [1.807, 2.05) is 20.8 Å². The van der Waals surface area contributed by atoms with E-state index in [9.17, 15) is 27.6 Å². The summed E-state index contributed by atoms with van der Waals surface area (Å²) in [6, 6.07) is 10.4. The van der Waals surface area contributed by atoms with E-state index < -0.39 is 35.8 Å². The van der Waals surface area contributed by atoms with Crippen molar-refractivity contribution < 1.29 is 37.4 Å². The van der Waals surface area contributed by atoms with Gasteiger partial charge >= 0.3 is 12.3 Å². The highest BCUT2D eigenvalue weighted by Crippen LogP contribution is 2.44. The first kappa shape index (κ1) is 30.7. The minimum atomic E-state index is -4.58. The van der Waals surface area contributed by atoms with Crippen molar-refractivity contribution in [1.29, 1.82) is 0 Å². The number of hydrogen-bond acceptors (Lipinski definition) is 4. The van der Waals surface area contributed by atoms with Crippen LogP contribution in [0, 0.1) is 5.41 Å². The lowest BCUT2D eigenvalue weighted by atomic mass is 9.77. The molecule has 0 aromatic heterocycles. The number of carboxylic acid groups (broad SMARTS) is 1. The van der Waals surface area contributed by atoms with Gasteiger partial charge in [-0.05, 0) is 46.7 Å². The van der Waals surface area contributed by atoms with Crippen molar-refractivity contribution in [2.45, 2.75) is 64.1 Å². The van der Waals surface area contributed by atoms with Gasteiger partial charge in [-0.15, -0.1) is 0 Å². The van der Waals surface area contributed by atoms with Crippen LogP contribution in [0.1, 0.15) is 74.1 Å². The van der Waals surface area contributed by atoms with E-state index in [0.717, 1.165) is 12.1 Å². The Kier molecular flexibility index (Phi) is 8.92. The zero-order valence-corrected chi connectivity index (χ0v) is 24.0. The molecule has 2 unspecified atom stereocenters. The largest absolute Gasteiger partial charge is 0.506 e. The minimum Gasteiger partial charge on any atom is -0.450 e. The van der Waals surface area contributed by atoms with Crippen LogP contribution in [0.2, 0.25) is 5.02 Å². The van der Waals surface area contributed by atoms with Gasteiger partial charge in [0.25, 0.3) is 0 Å². The summed E-state index contributed by atoms with van der Waals surface area (Å²) >= 11 is 6.56. The summed E-state index contributed by atoms with van der Waals surface area (Å²) in [5, 5.41) is 9.23. The number of halogens is 4. The maximum absolute atomic E-state index is 14.1. The Morgan fingerprint density at radius 2 is 1.68 bits per heavy atom. The second kappa shape index (κ2) is 11.9. The van der Waals surface area contributed by atoms with Gasteiger partial charge in [0.15, 0.2) is 0 Å². The Bertz CT molecular complexity index is 1300. The van der Waals surface area contributed by atoms with Gasteiger partial charge in [0, 0.05) is 43.4 Å². The van der Waals surface area contributed by atoms with Gasteiger partial charge in [-0.2, -0.15) is 13.2 Å². The molecule has 0 radical (unpaired) electrons. The molecule has 1 N–H and O–H groups in total. The van der Waals surface area contributed by atoms with Gasteiger partial charge in [-0.25, -0.2) is 4.79 Å². The molecule has 0 bridgehead atoms. The fourth-order valence-electron chi connectivity index (χ4n) is 5.74. The van der Waals surface area contributed by atoms with Gasteiger partial charge in [-0.3, -0.25) is 9.59 Å². The molecule has 1 saturated heterocycles. The van der Waals surface area contributed by atoms with Gasteiger partial charge in [0.1, 0.15) is 6.10 Å². The number of ether oxygens (including phenoxy) is 1. The van der Waals surface area contributed by atoms with Crippen LogP contribution in [0.25, 0.3) is 0 Å². The topological polar surface area (TPSA) is 87.2 Å². The fraction of sp³-hybridized carbons (Fsp3) is 0.500. The predicted molar refractivity (Wildman–Crippen MR) is 147 cm³/mol. The van der Waals surface area contributed by atoms with E-state index in [-0.39, 0.29) is 43.4 Å². The third kappa shape index (κ3) is 7.33. The van der Waals surface area contributed by atoms with E-state index >= 15 is 0 Å². The molecule has 2 aromatic carbocycles. The number of hydrogen-bond donors (Lipinski definition) is 1. The first-order chi connectivity index (χ1) is 19.1. The maximum Gasteiger partial charge on any atom is 0.506 e. The normalized spacial score (nSPS) is 20.4. The number of rotatable bonds is 5. The second-order valence-electron chi connectivity index (χ2n) is 11.9. The monoisotopic (exact) mass is 594 g/mol. The molecule has 0 aliphatic carbocycles. The van der Waals surface area contributed by atoms with Crippen LogP contribution in [0.4, 0.5) is 18.0 Å². The molecule has 2 amide bonds. The molecule has 0 spiro atoms. The summed E-state index contributed by atoms with van der Waals surface area (Å²) in [6.07, 6.45) is -5.41. The van der Waals surface area contributed by atoms with E-state index in [2.05, 4.69) is 0 Å². The van der Waals surface area contributed by atoms with Crippen LogP contribution < -0.4 is 0 Å². The minimum absolute atomic E-state index is 0.0259. The number of nitrogens with zero attached hydrogens (tertiary/aromatic N) is 2. The van der Waals surface area contributed by atoms with Gasteiger partial charge in [0.05, 0.1) is 18.0 Å². The van der Waals surface area contributed by atoms with Crippen molar-refractivity contribution >= 4 is 29.6 Å². The summed E-state index contributed by atoms with van der Waals surface area (Å²) in [7, 11) is 0. The zero-order chi connectivity index (χ0) is 30.1. The highest BCUT2D eigenvalue weighted by atomic mass is 35.5. The number of piperidine rings is 1. The number of benzene rings is 2. The molecule has 11 heteroatoms. The Balaban J connectivity index is 1.73. The number of alkyl halides is 3. The lowest BCUT2D eigenvalue weighted by Crippen LogP contribution is -2.48. The quantitative estimate of drug-likeness (QED) is 0.397. The standard InChI is InChI=1S/C30H34ClF3N2O5/c1-29(2,3)15-23-20-9-8-18(30(32,33)34)14-22(20)24(21-6-4-5-7-25(21)31)16-36(27(23)38)17-26(37)35-12-10-19(11-13-35)41-28(39)40/h4-9,14,19,23-24H,10-13,15-17H2,1-3H3,(H,39,40). The Morgan fingerprint density at radius 1 is 1.02 bits per heavy atom. The fourth-order valence-corrected chi connectivity index (χ4v) is 6.00. The molecule has 2 atom stereocenters. The Labute approximate surface area is 242 Å². The Morgan fingerprint density at radius 3 is 2.27 bits per heavy atom. The van der Waals surface area contributed by atoms with Gasteiger partial charge in [-0.1, -0.05) is 56.6 Å². The van der Waals surface area contributed by atoms with Crippen LogP contribution in [-0.4, -0.2) is 65.2 Å². The molecule has 2 heterocycles. The summed E-state index contributed by atoms with van der Waals surface area (Å²) in [5.41, 5.74) is 0.294. The van der Waals surface area contributed by atoms with E-state index in [0.29, 0.717) is 41.0 Å². The summed E-state index contributed by atoms with van der Waals surface area (Å²) < 4.78 is 46.4. The molecule has 7 nitrogen and oxygen atoms in total. The average molecular weight is 595 g/mol. The molecule has 41 heavy (non-hydrogen) atoms. The molecule has 4 rings (SSSR count). The average Bonchev–Trinajstić information content (AvgIpc) is 2.98. The molecule has 222 valence electrons. The number of fused-ring (bicyclic) bond motifs is 1. The third-order valence-electron chi connectivity index (χ3n) is 7.66. The van der Waals surface area contributed by atoms with Crippen LogP contribution in [0.5, 0.6) is 0 Å². The van der Waals surface area contributed by atoms with Gasteiger partial charge in [0.2, 0.25) is 11.8 Å². The number of carbonyl (C=O) groups is 3. The summed E-state index contributed by atoms with van der Waals surface area (Å²) in [4.78, 5) is 41.4. The molecular formula is C30H34ClF3N2O5. The zero-order valence-electron chi connectivity index (χ0n) is 23.2. The van der Waals surface area contributed by atoms with Crippen molar-refractivity contribution in [3.8, 4) is 0 Å². The van der Waals surface area contributed by atoms with Crippen molar-refractivity contribution in [2.24, 2.45) is 5.41 Å². The van der Waals surface area contributed by atoms with Crippen LogP contribution in [0.3, 0.4) is 0 Å². The van der Waals surface area contributed by atoms with Crippen molar-refractivity contribution in [3.05, 3.63) is 69.7 Å². The van der Waals surface area contributed by atoms with E-state index in [4.69, 9.17) is 21.4 Å². The van der Waals surface area contributed by atoms with Crippen molar-refractivity contribution in [1.82, 2.24) is 9.80 Å². The van der Waals surface area contributed by atoms with Crippen molar-refractivity contribution in [2.75, 3.05) is 26.2 Å². The number of likely N-dealkylation sites (tertiary alicyclic amines) is 1. The summed E-state index contributed by atoms with van der Waals surface area (Å²) in [6.45, 7) is 6.13. The molecule has 0 saturated carbocycles. The molecule has 1 fully saturated rings. The summed E-state index contributed by atoms with van der Waals surface area (Å²) in [5.74, 6) is -2.10. The number of amides is 2. The van der Waals surface area contributed by atoms with Crippen molar-refractivity contribution in [3.63, 3.8) is 0 Å².